The molecule has 0 aliphatic rings. The molecule has 1 unspecified atom stereocenters. The van der Waals surface area contributed by atoms with Gasteiger partial charge in [-0.15, -0.1) is 11.8 Å². The van der Waals surface area contributed by atoms with Crippen molar-refractivity contribution >= 4 is 34.8 Å². The molecule has 2 aromatic rings. The zero-order valence-corrected chi connectivity index (χ0v) is 16.5. The summed E-state index contributed by atoms with van der Waals surface area (Å²) in [5.74, 6) is 1.61. The second-order valence-electron chi connectivity index (χ2n) is 6.38. The van der Waals surface area contributed by atoms with Crippen molar-refractivity contribution in [1.29, 1.82) is 0 Å². The number of rotatable bonds is 6. The topological polar surface area (TPSA) is 24.1 Å². The largest absolute Gasteiger partial charge is 0.362 e. The highest BCUT2D eigenvalue weighted by molar-refractivity contribution is 7.99. The van der Waals surface area contributed by atoms with Crippen LogP contribution in [0.25, 0.3) is 0 Å². The molecule has 128 valence electrons. The lowest BCUT2D eigenvalue weighted by atomic mass is 10.1. The first-order valence-corrected chi connectivity index (χ1v) is 9.65. The average molecular weight is 359 g/mol. The smallest absolute Gasteiger partial charge is 0.170 e. The molecule has 0 amide bonds. The molecule has 0 aliphatic carbocycles. The Kier molecular flexibility index (Phi) is 7.13. The monoisotopic (exact) mass is 358 g/mol. The van der Waals surface area contributed by atoms with E-state index in [0.717, 1.165) is 18.0 Å². The maximum Gasteiger partial charge on any atom is 0.170 e. The first kappa shape index (κ1) is 18.8. The van der Waals surface area contributed by atoms with Gasteiger partial charge in [0.1, 0.15) is 0 Å². The van der Waals surface area contributed by atoms with Crippen LogP contribution in [-0.4, -0.2) is 17.4 Å². The van der Waals surface area contributed by atoms with Crippen LogP contribution >= 0.6 is 24.0 Å². The Balaban J connectivity index is 1.74. The van der Waals surface area contributed by atoms with Crippen LogP contribution < -0.4 is 10.6 Å². The molecular weight excluding hydrogens is 332 g/mol. The minimum absolute atomic E-state index is 0.537. The molecular formula is C20H26N2S2. The summed E-state index contributed by atoms with van der Waals surface area (Å²) in [6.07, 6.45) is 0. The molecule has 0 radical (unpaired) electrons. The molecule has 2 rings (SSSR count). The quantitative estimate of drug-likeness (QED) is 0.538. The number of benzene rings is 2. The zero-order valence-electron chi connectivity index (χ0n) is 14.8. The highest BCUT2D eigenvalue weighted by Gasteiger charge is 2.06. The lowest BCUT2D eigenvalue weighted by Gasteiger charge is -2.16. The summed E-state index contributed by atoms with van der Waals surface area (Å²) in [5.41, 5.74) is 4.81. The van der Waals surface area contributed by atoms with Crippen LogP contribution in [0.2, 0.25) is 0 Å². The van der Waals surface area contributed by atoms with Crippen LogP contribution in [0.1, 0.15) is 23.6 Å². The maximum atomic E-state index is 5.42. The number of hydrogen-bond acceptors (Lipinski definition) is 2. The Morgan fingerprint density at radius 2 is 1.71 bits per heavy atom. The lowest BCUT2D eigenvalue weighted by molar-refractivity contribution is 0.637. The summed E-state index contributed by atoms with van der Waals surface area (Å²) in [4.78, 5) is 1.32. The Morgan fingerprint density at radius 1 is 1.04 bits per heavy atom. The zero-order chi connectivity index (χ0) is 17.5. The standard InChI is InChI=1S/C20H26N2S2/c1-14-6-9-18(10-7-14)24-13-16(3)12-21-20(23)22-19-11-15(2)5-8-17(19)4/h5-11,16H,12-13H2,1-4H3,(H2,21,22,23). The van der Waals surface area contributed by atoms with Crippen LogP contribution in [0.4, 0.5) is 5.69 Å². The lowest BCUT2D eigenvalue weighted by Crippen LogP contribution is -2.33. The SMILES string of the molecule is Cc1ccc(SCC(C)CNC(=S)Nc2cc(C)ccc2C)cc1. The number of hydrogen-bond donors (Lipinski definition) is 2. The summed E-state index contributed by atoms with van der Waals surface area (Å²) in [6.45, 7) is 9.41. The molecule has 0 saturated carbocycles. The van der Waals surface area contributed by atoms with Crippen molar-refractivity contribution in [1.82, 2.24) is 5.32 Å². The first-order chi connectivity index (χ1) is 11.4. The summed E-state index contributed by atoms with van der Waals surface area (Å²) >= 11 is 7.31. The molecule has 2 nitrogen and oxygen atoms in total. The van der Waals surface area contributed by atoms with E-state index in [1.807, 2.05) is 11.8 Å². The second kappa shape index (κ2) is 9.09. The van der Waals surface area contributed by atoms with Crippen LogP contribution in [-0.2, 0) is 0 Å². The molecule has 0 bridgehead atoms. The molecule has 0 aromatic heterocycles. The number of thioether (sulfide) groups is 1. The number of thiocarbonyl (C=S) groups is 1. The fourth-order valence-electron chi connectivity index (χ4n) is 2.24. The van der Waals surface area contributed by atoms with E-state index >= 15 is 0 Å². The van der Waals surface area contributed by atoms with Gasteiger partial charge in [0.2, 0.25) is 0 Å². The van der Waals surface area contributed by atoms with Crippen LogP contribution in [0.5, 0.6) is 0 Å². The van der Waals surface area contributed by atoms with Crippen molar-refractivity contribution in [3.05, 3.63) is 59.2 Å². The molecule has 0 fully saturated rings. The van der Waals surface area contributed by atoms with Gasteiger partial charge in [0.25, 0.3) is 0 Å². The molecule has 0 aliphatic heterocycles. The van der Waals surface area contributed by atoms with Crippen LogP contribution in [0, 0.1) is 26.7 Å². The van der Waals surface area contributed by atoms with Crippen LogP contribution in [0.3, 0.4) is 0 Å². The van der Waals surface area contributed by atoms with Crippen molar-refractivity contribution in [2.45, 2.75) is 32.6 Å². The van der Waals surface area contributed by atoms with Gasteiger partial charge in [-0.3, -0.25) is 0 Å². The molecule has 0 spiro atoms. The van der Waals surface area contributed by atoms with Gasteiger partial charge in [0.15, 0.2) is 5.11 Å². The van der Waals surface area contributed by atoms with Crippen molar-refractivity contribution in [2.75, 3.05) is 17.6 Å². The van der Waals surface area contributed by atoms with Gasteiger partial charge in [-0.25, -0.2) is 0 Å². The molecule has 24 heavy (non-hydrogen) atoms. The van der Waals surface area contributed by atoms with E-state index in [0.29, 0.717) is 11.0 Å². The van der Waals surface area contributed by atoms with E-state index in [2.05, 4.69) is 80.8 Å². The van der Waals surface area contributed by atoms with E-state index in [1.165, 1.54) is 21.6 Å². The van der Waals surface area contributed by atoms with E-state index in [4.69, 9.17) is 12.2 Å². The highest BCUT2D eigenvalue weighted by Crippen LogP contribution is 2.21. The van der Waals surface area contributed by atoms with Gasteiger partial charge >= 0.3 is 0 Å². The third-order valence-corrected chi connectivity index (χ3v) is 5.40. The third-order valence-electron chi connectivity index (χ3n) is 3.81. The minimum Gasteiger partial charge on any atom is -0.362 e. The van der Waals surface area contributed by atoms with Crippen molar-refractivity contribution in [3.8, 4) is 0 Å². The van der Waals surface area contributed by atoms with Crippen molar-refractivity contribution < 1.29 is 0 Å². The number of aryl methyl sites for hydroxylation is 3. The summed E-state index contributed by atoms with van der Waals surface area (Å²) < 4.78 is 0. The molecule has 4 heteroatoms. The fourth-order valence-corrected chi connectivity index (χ4v) is 3.35. The molecule has 0 heterocycles. The van der Waals surface area contributed by atoms with E-state index in [9.17, 15) is 0 Å². The Hall–Kier alpha value is -1.52. The van der Waals surface area contributed by atoms with E-state index in [1.54, 1.807) is 0 Å². The summed E-state index contributed by atoms with van der Waals surface area (Å²) in [5, 5.41) is 7.32. The molecule has 2 aromatic carbocycles. The molecule has 2 N–H and O–H groups in total. The Morgan fingerprint density at radius 3 is 2.42 bits per heavy atom. The van der Waals surface area contributed by atoms with Crippen molar-refractivity contribution in [2.24, 2.45) is 5.92 Å². The maximum absolute atomic E-state index is 5.42. The minimum atomic E-state index is 0.537. The number of anilines is 1. The van der Waals surface area contributed by atoms with E-state index < -0.39 is 0 Å². The first-order valence-electron chi connectivity index (χ1n) is 8.25. The van der Waals surface area contributed by atoms with Gasteiger partial charge in [-0.05, 0) is 68.2 Å². The predicted molar refractivity (Wildman–Crippen MR) is 111 cm³/mol. The normalized spacial score (nSPS) is 11.8. The fraction of sp³-hybridized carbons (Fsp3) is 0.350. The third kappa shape index (κ3) is 6.17. The van der Waals surface area contributed by atoms with Gasteiger partial charge in [-0.1, -0.05) is 36.8 Å². The Labute approximate surface area is 155 Å². The van der Waals surface area contributed by atoms with Gasteiger partial charge in [0, 0.05) is 22.9 Å². The van der Waals surface area contributed by atoms with Gasteiger partial charge in [0.05, 0.1) is 0 Å². The highest BCUT2D eigenvalue weighted by atomic mass is 32.2. The molecule has 1 atom stereocenters. The summed E-state index contributed by atoms with van der Waals surface area (Å²) in [7, 11) is 0. The molecule has 0 saturated heterocycles. The second-order valence-corrected chi connectivity index (χ2v) is 7.88. The number of nitrogens with one attached hydrogen (secondary N) is 2. The van der Waals surface area contributed by atoms with Gasteiger partial charge < -0.3 is 10.6 Å². The van der Waals surface area contributed by atoms with E-state index in [-0.39, 0.29) is 0 Å². The van der Waals surface area contributed by atoms with Gasteiger partial charge in [-0.2, -0.15) is 0 Å². The predicted octanol–water partition coefficient (Wildman–Crippen LogP) is 5.33. The van der Waals surface area contributed by atoms with Crippen LogP contribution in [0.15, 0.2) is 47.4 Å². The summed E-state index contributed by atoms with van der Waals surface area (Å²) in [6, 6.07) is 15.0. The average Bonchev–Trinajstić information content (AvgIpc) is 2.56. The van der Waals surface area contributed by atoms with Crippen molar-refractivity contribution in [3.63, 3.8) is 0 Å². The Bertz CT molecular complexity index is 681.